The Balaban J connectivity index is 1.68. The van der Waals surface area contributed by atoms with Crippen molar-refractivity contribution >= 4 is 33.0 Å². The van der Waals surface area contributed by atoms with Gasteiger partial charge in [-0.05, 0) is 61.2 Å². The molecule has 0 spiro atoms. The third kappa shape index (κ3) is 4.25. The van der Waals surface area contributed by atoms with E-state index in [0.29, 0.717) is 18.7 Å². The van der Waals surface area contributed by atoms with Crippen molar-refractivity contribution in [2.75, 3.05) is 22.5 Å². The molecule has 0 saturated heterocycles. The molecular formula is C21H24N2O4S. The van der Waals surface area contributed by atoms with Gasteiger partial charge in [0, 0.05) is 31.3 Å². The van der Waals surface area contributed by atoms with Crippen LogP contribution < -0.4 is 10.2 Å². The lowest BCUT2D eigenvalue weighted by Gasteiger charge is -2.15. The first-order chi connectivity index (χ1) is 13.2. The fourth-order valence-electron chi connectivity index (χ4n) is 3.33. The maximum absolute atomic E-state index is 12.7. The molecule has 0 saturated carbocycles. The Morgan fingerprint density at radius 2 is 1.86 bits per heavy atom. The van der Waals surface area contributed by atoms with Gasteiger partial charge in [0.15, 0.2) is 9.84 Å². The molecule has 0 unspecified atom stereocenters. The Labute approximate surface area is 165 Å². The van der Waals surface area contributed by atoms with Crippen molar-refractivity contribution in [2.45, 2.75) is 38.5 Å². The zero-order valence-electron chi connectivity index (χ0n) is 16.3. The first-order valence-corrected chi connectivity index (χ1v) is 10.8. The average molecular weight is 401 g/mol. The van der Waals surface area contributed by atoms with Crippen LogP contribution in [0.5, 0.6) is 0 Å². The second kappa shape index (κ2) is 7.75. The second-order valence-corrected chi connectivity index (χ2v) is 9.26. The van der Waals surface area contributed by atoms with E-state index in [1.54, 1.807) is 17.0 Å². The number of hydrogen-bond donors (Lipinski definition) is 1. The molecule has 28 heavy (non-hydrogen) atoms. The SMILES string of the molecule is CC(=O)N1CCc2cc(S(=O)(=O)CCC(=O)Nc3cc(C)ccc3C)ccc21. The van der Waals surface area contributed by atoms with Gasteiger partial charge in [0.2, 0.25) is 11.8 Å². The van der Waals surface area contributed by atoms with Gasteiger partial charge in [0.1, 0.15) is 0 Å². The summed E-state index contributed by atoms with van der Waals surface area (Å²) in [6, 6.07) is 10.5. The van der Waals surface area contributed by atoms with E-state index >= 15 is 0 Å². The fraction of sp³-hybridized carbons (Fsp3) is 0.333. The molecule has 0 aromatic heterocycles. The number of rotatable bonds is 5. The summed E-state index contributed by atoms with van der Waals surface area (Å²) >= 11 is 0. The Morgan fingerprint density at radius 1 is 1.11 bits per heavy atom. The molecule has 148 valence electrons. The smallest absolute Gasteiger partial charge is 0.225 e. The summed E-state index contributed by atoms with van der Waals surface area (Å²) in [5, 5.41) is 2.79. The van der Waals surface area contributed by atoms with Gasteiger partial charge in [0.25, 0.3) is 0 Å². The van der Waals surface area contributed by atoms with Gasteiger partial charge in [-0.1, -0.05) is 12.1 Å². The molecule has 0 fully saturated rings. The molecule has 7 heteroatoms. The molecule has 2 amide bonds. The fourth-order valence-corrected chi connectivity index (χ4v) is 4.61. The summed E-state index contributed by atoms with van der Waals surface area (Å²) in [6.45, 7) is 5.88. The van der Waals surface area contributed by atoms with Gasteiger partial charge in [-0.3, -0.25) is 9.59 Å². The van der Waals surface area contributed by atoms with Gasteiger partial charge >= 0.3 is 0 Å². The summed E-state index contributed by atoms with van der Waals surface area (Å²) < 4.78 is 25.3. The van der Waals surface area contributed by atoms with Crippen molar-refractivity contribution in [2.24, 2.45) is 0 Å². The molecule has 1 aliphatic rings. The highest BCUT2D eigenvalue weighted by Crippen LogP contribution is 2.30. The zero-order valence-corrected chi connectivity index (χ0v) is 17.1. The standard InChI is InChI=1S/C21H24N2O4S/c1-14-4-5-15(2)19(12-14)22-21(25)9-11-28(26,27)18-6-7-20-17(13-18)8-10-23(20)16(3)24/h4-7,12-13H,8-11H2,1-3H3,(H,22,25). The van der Waals surface area contributed by atoms with E-state index in [9.17, 15) is 18.0 Å². The molecule has 6 nitrogen and oxygen atoms in total. The molecule has 2 aromatic carbocycles. The summed E-state index contributed by atoms with van der Waals surface area (Å²) in [6.07, 6.45) is 0.512. The third-order valence-corrected chi connectivity index (χ3v) is 6.66. The summed E-state index contributed by atoms with van der Waals surface area (Å²) in [7, 11) is -3.59. The summed E-state index contributed by atoms with van der Waals surface area (Å²) in [5.41, 5.74) is 4.25. The highest BCUT2D eigenvalue weighted by Gasteiger charge is 2.25. The molecule has 0 bridgehead atoms. The van der Waals surface area contributed by atoms with E-state index in [0.717, 1.165) is 22.4 Å². The van der Waals surface area contributed by atoms with Crippen LogP contribution in [0.2, 0.25) is 0 Å². The Morgan fingerprint density at radius 3 is 2.57 bits per heavy atom. The Bertz CT molecular complexity index is 1040. The highest BCUT2D eigenvalue weighted by molar-refractivity contribution is 7.91. The monoisotopic (exact) mass is 400 g/mol. The predicted molar refractivity (Wildman–Crippen MR) is 109 cm³/mol. The lowest BCUT2D eigenvalue weighted by molar-refractivity contribution is -0.117. The molecule has 0 atom stereocenters. The normalized spacial score (nSPS) is 13.3. The van der Waals surface area contributed by atoms with Gasteiger partial charge in [0.05, 0.1) is 10.6 Å². The quantitative estimate of drug-likeness (QED) is 0.836. The minimum Gasteiger partial charge on any atom is -0.326 e. The van der Waals surface area contributed by atoms with Crippen LogP contribution in [0.15, 0.2) is 41.3 Å². The number of nitrogens with zero attached hydrogens (tertiary/aromatic N) is 1. The van der Waals surface area contributed by atoms with Crippen molar-refractivity contribution < 1.29 is 18.0 Å². The average Bonchev–Trinajstić information content (AvgIpc) is 3.07. The maximum Gasteiger partial charge on any atom is 0.225 e. The molecule has 1 aliphatic heterocycles. The van der Waals surface area contributed by atoms with Crippen molar-refractivity contribution in [3.05, 3.63) is 53.1 Å². The number of aryl methyl sites for hydroxylation is 2. The minimum atomic E-state index is -3.59. The van der Waals surface area contributed by atoms with Crippen molar-refractivity contribution in [1.29, 1.82) is 0 Å². The summed E-state index contributed by atoms with van der Waals surface area (Å²) in [4.78, 5) is 25.7. The van der Waals surface area contributed by atoms with Crippen LogP contribution in [0.1, 0.15) is 30.0 Å². The van der Waals surface area contributed by atoms with E-state index in [1.807, 2.05) is 32.0 Å². The number of anilines is 2. The van der Waals surface area contributed by atoms with E-state index in [2.05, 4.69) is 5.32 Å². The van der Waals surface area contributed by atoms with Gasteiger partial charge in [-0.2, -0.15) is 0 Å². The topological polar surface area (TPSA) is 83.6 Å². The molecular weight excluding hydrogens is 376 g/mol. The Hall–Kier alpha value is -2.67. The van der Waals surface area contributed by atoms with Crippen LogP contribution in [0.25, 0.3) is 0 Å². The molecule has 0 aliphatic carbocycles. The number of benzene rings is 2. The van der Waals surface area contributed by atoms with Crippen molar-refractivity contribution in [1.82, 2.24) is 0 Å². The number of sulfone groups is 1. The molecule has 2 aromatic rings. The second-order valence-electron chi connectivity index (χ2n) is 7.15. The van der Waals surface area contributed by atoms with Crippen LogP contribution in [-0.2, 0) is 25.8 Å². The van der Waals surface area contributed by atoms with Crippen LogP contribution in [0.3, 0.4) is 0 Å². The van der Waals surface area contributed by atoms with E-state index < -0.39 is 9.84 Å². The molecule has 1 heterocycles. The van der Waals surface area contributed by atoms with Crippen LogP contribution in [0, 0.1) is 13.8 Å². The first-order valence-electron chi connectivity index (χ1n) is 9.18. The lowest BCUT2D eigenvalue weighted by Crippen LogP contribution is -2.25. The van der Waals surface area contributed by atoms with Gasteiger partial charge < -0.3 is 10.2 Å². The van der Waals surface area contributed by atoms with E-state index in [-0.39, 0.29) is 28.9 Å². The number of amides is 2. The van der Waals surface area contributed by atoms with E-state index in [1.165, 1.54) is 13.0 Å². The predicted octanol–water partition coefficient (Wildman–Crippen LogP) is 3.01. The number of fused-ring (bicyclic) bond motifs is 1. The van der Waals surface area contributed by atoms with Crippen molar-refractivity contribution in [3.63, 3.8) is 0 Å². The van der Waals surface area contributed by atoms with Crippen LogP contribution in [-0.4, -0.2) is 32.5 Å². The molecule has 1 N–H and O–H groups in total. The lowest BCUT2D eigenvalue weighted by atomic mass is 10.1. The largest absolute Gasteiger partial charge is 0.326 e. The van der Waals surface area contributed by atoms with E-state index in [4.69, 9.17) is 0 Å². The maximum atomic E-state index is 12.7. The van der Waals surface area contributed by atoms with Crippen LogP contribution in [0.4, 0.5) is 11.4 Å². The van der Waals surface area contributed by atoms with Gasteiger partial charge in [-0.25, -0.2) is 8.42 Å². The highest BCUT2D eigenvalue weighted by atomic mass is 32.2. The number of hydrogen-bond acceptors (Lipinski definition) is 4. The van der Waals surface area contributed by atoms with Gasteiger partial charge in [-0.15, -0.1) is 0 Å². The number of carbonyl (C=O) groups excluding carboxylic acids is 2. The van der Waals surface area contributed by atoms with Crippen molar-refractivity contribution in [3.8, 4) is 0 Å². The van der Waals surface area contributed by atoms with Crippen LogP contribution >= 0.6 is 0 Å². The Kier molecular flexibility index (Phi) is 5.56. The molecule has 3 rings (SSSR count). The molecule has 0 radical (unpaired) electrons. The number of carbonyl (C=O) groups is 2. The third-order valence-electron chi connectivity index (χ3n) is 4.95. The number of nitrogens with one attached hydrogen (secondary N) is 1. The first kappa shape index (κ1) is 20.1. The minimum absolute atomic E-state index is 0.0579. The zero-order chi connectivity index (χ0) is 20.5. The summed E-state index contributed by atoms with van der Waals surface area (Å²) in [5.74, 6) is -0.655.